The van der Waals surface area contributed by atoms with Crippen LogP contribution in [0.15, 0.2) is 60.7 Å². The van der Waals surface area contributed by atoms with Crippen molar-refractivity contribution < 1.29 is 40.7 Å². The van der Waals surface area contributed by atoms with Crippen molar-refractivity contribution in [1.29, 1.82) is 0 Å². The Kier molecular flexibility index (Phi) is 5.12. The van der Waals surface area contributed by atoms with E-state index in [0.29, 0.717) is 12.1 Å². The number of carbonyl (C=O) groups is 2. The number of anilines is 1. The van der Waals surface area contributed by atoms with E-state index in [4.69, 9.17) is 4.74 Å². The molecule has 1 aliphatic heterocycles. The smallest absolute Gasteiger partial charge is 0.373 e. The van der Waals surface area contributed by atoms with Crippen LogP contribution in [0.25, 0.3) is 0 Å². The summed E-state index contributed by atoms with van der Waals surface area (Å²) in [6, 6.07) is 8.57. The lowest BCUT2D eigenvalue weighted by Crippen LogP contribution is -2.44. The number of alkyl halides is 6. The third-order valence-corrected chi connectivity index (χ3v) is 4.05. The van der Waals surface area contributed by atoms with Crippen LogP contribution in [0.5, 0.6) is 11.5 Å². The van der Waals surface area contributed by atoms with Gasteiger partial charge in [0, 0.05) is 17.7 Å². The highest BCUT2D eigenvalue weighted by molar-refractivity contribution is 6.28. The van der Waals surface area contributed by atoms with Gasteiger partial charge in [-0.3, -0.25) is 9.59 Å². The third kappa shape index (κ3) is 3.69. The van der Waals surface area contributed by atoms with Crippen LogP contribution in [0.1, 0.15) is 5.56 Å². The lowest BCUT2D eigenvalue weighted by molar-refractivity contribution is -0.270. The number of ether oxygens (including phenoxy) is 1. The van der Waals surface area contributed by atoms with Gasteiger partial charge in [-0.05, 0) is 48.5 Å². The van der Waals surface area contributed by atoms with Crippen molar-refractivity contribution >= 4 is 17.5 Å². The van der Waals surface area contributed by atoms with E-state index in [2.05, 4.69) is 0 Å². The number of carbonyl (C=O) groups excluding carboxylic acids is 2. The largest absolute Gasteiger partial charge is 0.457 e. The van der Waals surface area contributed by atoms with E-state index in [1.165, 1.54) is 24.3 Å². The van der Waals surface area contributed by atoms with Crippen LogP contribution in [0.3, 0.4) is 0 Å². The summed E-state index contributed by atoms with van der Waals surface area (Å²) in [7, 11) is 0. The fourth-order valence-corrected chi connectivity index (χ4v) is 2.52. The quantitative estimate of drug-likeness (QED) is 0.498. The van der Waals surface area contributed by atoms with Crippen molar-refractivity contribution in [3.05, 3.63) is 66.2 Å². The highest BCUT2D eigenvalue weighted by atomic mass is 19.3. The zero-order valence-corrected chi connectivity index (χ0v) is 14.3. The van der Waals surface area contributed by atoms with Gasteiger partial charge < -0.3 is 4.74 Å². The van der Waals surface area contributed by atoms with Crippen LogP contribution in [-0.4, -0.2) is 24.2 Å². The van der Waals surface area contributed by atoms with E-state index in [-0.39, 0.29) is 17.2 Å². The molecular weight excluding hydrogens is 404 g/mol. The highest BCUT2D eigenvalue weighted by Gasteiger charge is 2.63. The topological polar surface area (TPSA) is 46.6 Å². The number of nitrogens with zero attached hydrogens (tertiary/aromatic N) is 1. The van der Waals surface area contributed by atoms with Gasteiger partial charge >= 0.3 is 18.3 Å². The molecule has 10 heteroatoms. The summed E-state index contributed by atoms with van der Waals surface area (Å²) in [6.45, 7) is 0. The van der Waals surface area contributed by atoms with E-state index < -0.39 is 35.6 Å². The molecule has 0 bridgehead atoms. The molecule has 1 aliphatic rings. The average molecular weight is 415 g/mol. The minimum absolute atomic E-state index is 0.0207. The van der Waals surface area contributed by atoms with Gasteiger partial charge in [-0.1, -0.05) is 0 Å². The number of amides is 2. The van der Waals surface area contributed by atoms with Gasteiger partial charge in [-0.25, -0.2) is 13.7 Å². The Hall–Kier alpha value is -3.30. The molecule has 3 rings (SSSR count). The Bertz CT molecular complexity index is 937. The van der Waals surface area contributed by atoms with Gasteiger partial charge in [0.25, 0.3) is 11.8 Å². The van der Waals surface area contributed by atoms with Crippen LogP contribution in [0.2, 0.25) is 0 Å². The fourth-order valence-electron chi connectivity index (χ4n) is 2.52. The monoisotopic (exact) mass is 415 g/mol. The molecule has 0 atom stereocenters. The second-order valence-electron chi connectivity index (χ2n) is 5.96. The van der Waals surface area contributed by atoms with E-state index in [9.17, 15) is 35.9 Å². The van der Waals surface area contributed by atoms with E-state index in [1.807, 2.05) is 0 Å². The Labute approximate surface area is 160 Å². The Morgan fingerprint density at radius 3 is 1.66 bits per heavy atom. The molecule has 0 radical (unpaired) electrons. The van der Waals surface area contributed by atoms with Gasteiger partial charge in [-0.15, -0.1) is 0 Å². The van der Waals surface area contributed by atoms with Gasteiger partial charge in [-0.2, -0.15) is 17.6 Å². The lowest BCUT2D eigenvalue weighted by Gasteiger charge is -2.26. The molecule has 0 saturated carbocycles. The first-order chi connectivity index (χ1) is 13.5. The first-order valence-corrected chi connectivity index (χ1v) is 8.02. The average Bonchev–Trinajstić information content (AvgIpc) is 3.01. The maximum atomic E-state index is 13.7. The maximum absolute atomic E-state index is 13.7. The minimum atomic E-state index is -5.52. The Balaban J connectivity index is 1.73. The number of halogens is 6. The SMILES string of the molecule is O=C1C=CC(=O)N1c1ccc(Oc2ccc(C(F)(F)C(F)(F)C(F)F)cc2)cc1. The van der Waals surface area contributed by atoms with Gasteiger partial charge in [0.05, 0.1) is 5.69 Å². The zero-order valence-electron chi connectivity index (χ0n) is 14.3. The summed E-state index contributed by atoms with van der Waals surface area (Å²) in [6.07, 6.45) is -2.31. The van der Waals surface area contributed by atoms with Crippen LogP contribution >= 0.6 is 0 Å². The maximum Gasteiger partial charge on any atom is 0.373 e. The van der Waals surface area contributed by atoms with Crippen molar-refractivity contribution in [2.45, 2.75) is 18.3 Å². The summed E-state index contributed by atoms with van der Waals surface area (Å²) < 4.78 is 83.4. The molecule has 152 valence electrons. The molecule has 1 heterocycles. The third-order valence-electron chi connectivity index (χ3n) is 4.05. The Morgan fingerprint density at radius 2 is 1.21 bits per heavy atom. The predicted octanol–water partition coefficient (Wildman–Crippen LogP) is 4.90. The normalized spacial score (nSPS) is 14.8. The number of rotatable bonds is 6. The van der Waals surface area contributed by atoms with Crippen molar-refractivity contribution in [3.63, 3.8) is 0 Å². The standard InChI is InChI=1S/C19H11F6NO3/c20-17(21)19(24,25)18(22,23)11-1-5-13(6-2-11)29-14-7-3-12(4-8-14)26-15(27)9-10-16(26)28/h1-10,17H. The van der Waals surface area contributed by atoms with Crippen LogP contribution in [-0.2, 0) is 15.5 Å². The molecule has 0 saturated heterocycles. The first-order valence-electron chi connectivity index (χ1n) is 8.02. The summed E-state index contributed by atoms with van der Waals surface area (Å²) in [5, 5.41) is 0. The molecular formula is C19H11F6NO3. The second kappa shape index (κ2) is 7.26. The molecule has 0 spiro atoms. The second-order valence-corrected chi connectivity index (χ2v) is 5.96. The van der Waals surface area contributed by atoms with Gasteiger partial charge in [0.1, 0.15) is 11.5 Å². The van der Waals surface area contributed by atoms with E-state index in [1.54, 1.807) is 0 Å². The number of imide groups is 1. The van der Waals surface area contributed by atoms with Crippen molar-refractivity contribution in [3.8, 4) is 11.5 Å². The number of hydrogen-bond donors (Lipinski definition) is 0. The van der Waals surface area contributed by atoms with Crippen LogP contribution in [0.4, 0.5) is 32.0 Å². The highest BCUT2D eigenvalue weighted by Crippen LogP contribution is 2.46. The van der Waals surface area contributed by atoms with Crippen molar-refractivity contribution in [2.24, 2.45) is 0 Å². The van der Waals surface area contributed by atoms with Crippen molar-refractivity contribution in [2.75, 3.05) is 4.90 Å². The minimum Gasteiger partial charge on any atom is -0.457 e. The Morgan fingerprint density at radius 1 is 0.759 bits per heavy atom. The molecule has 0 aliphatic carbocycles. The van der Waals surface area contributed by atoms with Crippen LogP contribution in [0, 0.1) is 0 Å². The lowest BCUT2D eigenvalue weighted by atomic mass is 10.0. The molecule has 0 aromatic heterocycles. The van der Waals surface area contributed by atoms with Gasteiger partial charge in [0.2, 0.25) is 0 Å². The summed E-state index contributed by atoms with van der Waals surface area (Å²) >= 11 is 0. The molecule has 2 amide bonds. The summed E-state index contributed by atoms with van der Waals surface area (Å²) in [5.74, 6) is -11.4. The summed E-state index contributed by atoms with van der Waals surface area (Å²) in [5.41, 5.74) is -1.01. The van der Waals surface area contributed by atoms with Gasteiger partial charge in [0.15, 0.2) is 0 Å². The molecule has 4 nitrogen and oxygen atoms in total. The van der Waals surface area contributed by atoms with E-state index in [0.717, 1.165) is 29.2 Å². The number of hydrogen-bond acceptors (Lipinski definition) is 3. The zero-order chi connectivity index (χ0) is 21.4. The molecule has 2 aromatic rings. The van der Waals surface area contributed by atoms with Crippen molar-refractivity contribution in [1.82, 2.24) is 0 Å². The molecule has 0 N–H and O–H groups in total. The molecule has 0 unspecified atom stereocenters. The van der Waals surface area contributed by atoms with E-state index >= 15 is 0 Å². The fraction of sp³-hybridized carbons (Fsp3) is 0.158. The molecule has 29 heavy (non-hydrogen) atoms. The predicted molar refractivity (Wildman–Crippen MR) is 89.4 cm³/mol. The van der Waals surface area contributed by atoms with Crippen LogP contribution < -0.4 is 9.64 Å². The molecule has 2 aromatic carbocycles. The number of benzene rings is 2. The molecule has 0 fully saturated rings. The summed E-state index contributed by atoms with van der Waals surface area (Å²) in [4.78, 5) is 24.1. The first kappa shape index (κ1) is 20.4.